The fraction of sp³-hybridized carbons (Fsp3) is 0.143. The van der Waals surface area contributed by atoms with Crippen LogP contribution < -0.4 is 0 Å². The first-order valence-corrected chi connectivity index (χ1v) is 3.75. The lowest BCUT2D eigenvalue weighted by atomic mass is 10.1. The van der Waals surface area contributed by atoms with Crippen molar-refractivity contribution in [3.63, 3.8) is 0 Å². The highest BCUT2D eigenvalue weighted by molar-refractivity contribution is 5.56. The van der Waals surface area contributed by atoms with Crippen LogP contribution >= 0.6 is 0 Å². The first-order chi connectivity index (χ1) is 7.22. The average molecular weight is 200 g/mol. The van der Waals surface area contributed by atoms with Crippen LogP contribution in [0.1, 0.15) is 11.1 Å². The summed E-state index contributed by atoms with van der Waals surface area (Å²) in [6.07, 6.45) is 0. The maximum atomic E-state index is 8.77. The van der Waals surface area contributed by atoms with Crippen LogP contribution in [0, 0.1) is 18.3 Å². The normalized spacial score (nSPS) is 8.27. The molecule has 0 fully saturated rings. The van der Waals surface area contributed by atoms with Crippen molar-refractivity contribution < 1.29 is 0 Å². The van der Waals surface area contributed by atoms with Crippen molar-refractivity contribution in [3.8, 4) is 6.07 Å². The molecule has 1 rings (SSSR count). The Morgan fingerprint density at radius 1 is 1.40 bits per heavy atom. The third-order valence-electron chi connectivity index (χ3n) is 1.58. The number of aromatic nitrogens is 1. The van der Waals surface area contributed by atoms with Crippen molar-refractivity contribution >= 4 is 11.6 Å². The molecule has 0 spiro atoms. The number of hydrogen-bond donors (Lipinski definition) is 0. The molecule has 0 radical (unpaired) electrons. The van der Waals surface area contributed by atoms with E-state index in [0.29, 0.717) is 5.56 Å². The Morgan fingerprint density at radius 2 is 2.07 bits per heavy atom. The maximum Gasteiger partial charge on any atom is 0.145 e. The zero-order valence-electron chi connectivity index (χ0n) is 7.66. The molecule has 0 atom stereocenters. The monoisotopic (exact) mass is 200 g/mol. The fourth-order valence-electron chi connectivity index (χ4n) is 0.989. The molecule has 0 unspecified atom stereocenters. The van der Waals surface area contributed by atoms with E-state index in [0.717, 1.165) is 0 Å². The molecule has 0 bridgehead atoms. The molecular formula is C7H4N8. The van der Waals surface area contributed by atoms with Gasteiger partial charge in [0, 0.05) is 9.82 Å². The van der Waals surface area contributed by atoms with Gasteiger partial charge >= 0.3 is 0 Å². The lowest BCUT2D eigenvalue weighted by Gasteiger charge is -2.01. The summed E-state index contributed by atoms with van der Waals surface area (Å²) in [4.78, 5) is 8.80. The highest BCUT2D eigenvalue weighted by Crippen LogP contribution is 2.24. The van der Waals surface area contributed by atoms with Gasteiger partial charge in [-0.05, 0) is 39.8 Å². The van der Waals surface area contributed by atoms with Crippen LogP contribution in [-0.4, -0.2) is 4.98 Å². The number of azide groups is 2. The van der Waals surface area contributed by atoms with E-state index >= 15 is 0 Å². The lowest BCUT2D eigenvalue weighted by molar-refractivity contribution is 1.18. The van der Waals surface area contributed by atoms with Crippen LogP contribution in [0.2, 0.25) is 0 Å². The molecule has 1 aromatic rings. The summed E-state index contributed by atoms with van der Waals surface area (Å²) in [5, 5.41) is 15.3. The van der Waals surface area contributed by atoms with E-state index in [9.17, 15) is 0 Å². The van der Waals surface area contributed by atoms with Crippen molar-refractivity contribution in [2.24, 2.45) is 10.2 Å². The summed E-state index contributed by atoms with van der Waals surface area (Å²) >= 11 is 0. The van der Waals surface area contributed by atoms with E-state index in [-0.39, 0.29) is 17.2 Å². The molecule has 8 heteroatoms. The molecular weight excluding hydrogens is 196 g/mol. The molecule has 8 nitrogen and oxygen atoms in total. The Kier molecular flexibility index (Phi) is 3.09. The van der Waals surface area contributed by atoms with Gasteiger partial charge in [-0.1, -0.05) is 0 Å². The molecule has 0 saturated heterocycles. The maximum absolute atomic E-state index is 8.77. The summed E-state index contributed by atoms with van der Waals surface area (Å²) in [6, 6.07) is 3.30. The van der Waals surface area contributed by atoms with Crippen LogP contribution in [0.3, 0.4) is 0 Å². The number of hydrogen-bond acceptors (Lipinski definition) is 4. The molecule has 0 N–H and O–H groups in total. The topological polar surface area (TPSA) is 134 Å². The predicted octanol–water partition coefficient (Wildman–Crippen LogP) is 3.15. The smallest absolute Gasteiger partial charge is 0.145 e. The largest absolute Gasteiger partial charge is 0.243 e. The second kappa shape index (κ2) is 4.48. The third kappa shape index (κ3) is 2.14. The molecule has 15 heavy (non-hydrogen) atoms. The van der Waals surface area contributed by atoms with Crippen molar-refractivity contribution in [1.82, 2.24) is 4.98 Å². The van der Waals surface area contributed by atoms with Gasteiger partial charge in [-0.3, -0.25) is 0 Å². The summed E-state index contributed by atoms with van der Waals surface area (Å²) < 4.78 is 0. The molecule has 72 valence electrons. The van der Waals surface area contributed by atoms with E-state index in [2.05, 4.69) is 25.0 Å². The minimum absolute atomic E-state index is 0.0661. The SMILES string of the molecule is Cc1cc(N=[N+]=[N-])nc(N=[N+]=[N-])c1C#N. The van der Waals surface area contributed by atoms with Gasteiger partial charge in [0.05, 0.1) is 5.56 Å². The summed E-state index contributed by atoms with van der Waals surface area (Å²) in [7, 11) is 0. The summed E-state index contributed by atoms with van der Waals surface area (Å²) in [5.41, 5.74) is 17.2. The minimum Gasteiger partial charge on any atom is -0.243 e. The second-order valence-corrected chi connectivity index (χ2v) is 2.49. The first-order valence-electron chi connectivity index (χ1n) is 3.75. The standard InChI is InChI=1S/C7H4N8/c1-4-2-6(12-14-9)11-7(13-15-10)5(4)3-8/h2H,1H3. The molecule has 0 aliphatic rings. The zero-order chi connectivity index (χ0) is 11.3. The molecule has 0 aromatic carbocycles. The highest BCUT2D eigenvalue weighted by Gasteiger charge is 2.07. The van der Waals surface area contributed by atoms with Gasteiger partial charge in [-0.25, -0.2) is 4.98 Å². The highest BCUT2D eigenvalue weighted by atomic mass is 15.2. The van der Waals surface area contributed by atoms with Crippen molar-refractivity contribution in [2.75, 3.05) is 0 Å². The van der Waals surface area contributed by atoms with Gasteiger partial charge in [0.25, 0.3) is 0 Å². The number of pyridine rings is 1. The van der Waals surface area contributed by atoms with Gasteiger partial charge in [-0.2, -0.15) is 5.26 Å². The van der Waals surface area contributed by atoms with Crippen LogP contribution in [0.5, 0.6) is 0 Å². The Morgan fingerprint density at radius 3 is 2.60 bits per heavy atom. The lowest BCUT2D eigenvalue weighted by Crippen LogP contribution is -1.86. The average Bonchev–Trinajstić information content (AvgIpc) is 2.18. The van der Waals surface area contributed by atoms with Crippen LogP contribution in [0.25, 0.3) is 20.9 Å². The van der Waals surface area contributed by atoms with Crippen LogP contribution in [0.4, 0.5) is 11.6 Å². The Hall–Kier alpha value is -2.74. The summed E-state index contributed by atoms with van der Waals surface area (Å²) in [6.45, 7) is 1.63. The first kappa shape index (κ1) is 10.3. The number of nitrogens with zero attached hydrogens (tertiary/aromatic N) is 8. The third-order valence-corrected chi connectivity index (χ3v) is 1.58. The molecule has 1 heterocycles. The molecule has 1 aromatic heterocycles. The molecule has 0 aliphatic heterocycles. The van der Waals surface area contributed by atoms with Gasteiger partial charge in [0.2, 0.25) is 0 Å². The predicted molar refractivity (Wildman–Crippen MR) is 51.3 cm³/mol. The van der Waals surface area contributed by atoms with Crippen LogP contribution in [0.15, 0.2) is 16.3 Å². The van der Waals surface area contributed by atoms with Gasteiger partial charge in [0.1, 0.15) is 17.7 Å². The number of rotatable bonds is 2. The van der Waals surface area contributed by atoms with Crippen molar-refractivity contribution in [1.29, 1.82) is 5.26 Å². The van der Waals surface area contributed by atoms with E-state index in [4.69, 9.17) is 16.3 Å². The Bertz CT molecular complexity index is 527. The van der Waals surface area contributed by atoms with E-state index in [1.807, 2.05) is 6.07 Å². The Balaban J connectivity index is 3.52. The van der Waals surface area contributed by atoms with E-state index in [1.54, 1.807) is 6.92 Å². The molecule has 0 saturated carbocycles. The minimum atomic E-state index is -0.0811. The number of nitriles is 1. The Labute approximate surface area is 84.0 Å². The summed E-state index contributed by atoms with van der Waals surface area (Å²) in [5.74, 6) is -0.0150. The second-order valence-electron chi connectivity index (χ2n) is 2.49. The van der Waals surface area contributed by atoms with Crippen molar-refractivity contribution in [3.05, 3.63) is 38.1 Å². The van der Waals surface area contributed by atoms with Gasteiger partial charge in [0.15, 0.2) is 0 Å². The van der Waals surface area contributed by atoms with Gasteiger partial charge < -0.3 is 0 Å². The van der Waals surface area contributed by atoms with Crippen LogP contribution in [-0.2, 0) is 0 Å². The number of aryl methyl sites for hydroxylation is 1. The zero-order valence-corrected chi connectivity index (χ0v) is 7.66. The quantitative estimate of drug-likeness (QED) is 0.411. The van der Waals surface area contributed by atoms with Gasteiger partial charge in [-0.15, -0.1) is 0 Å². The van der Waals surface area contributed by atoms with E-state index < -0.39 is 0 Å². The van der Waals surface area contributed by atoms with E-state index in [1.165, 1.54) is 6.07 Å². The molecule has 0 aliphatic carbocycles. The molecule has 0 amide bonds. The fourth-order valence-corrected chi connectivity index (χ4v) is 0.989. The van der Waals surface area contributed by atoms with Crippen molar-refractivity contribution in [2.45, 2.75) is 6.92 Å².